The molecule has 3 saturated heterocycles. The summed E-state index contributed by atoms with van der Waals surface area (Å²) in [5, 5.41) is 18.1. The minimum absolute atomic E-state index is 0.215. The van der Waals surface area contributed by atoms with E-state index in [1.54, 1.807) is 18.3 Å². The lowest BCUT2D eigenvalue weighted by Crippen LogP contribution is -2.56. The van der Waals surface area contributed by atoms with Gasteiger partial charge in [0.15, 0.2) is 0 Å². The number of hydrogen-bond donors (Lipinski definition) is 2. The number of piperidine rings is 2. The Morgan fingerprint density at radius 2 is 1.80 bits per heavy atom. The van der Waals surface area contributed by atoms with Gasteiger partial charge in [-0.15, -0.1) is 0 Å². The highest BCUT2D eigenvalue weighted by Crippen LogP contribution is 2.25. The van der Waals surface area contributed by atoms with Crippen LogP contribution in [0.4, 0.5) is 5.69 Å². The zero-order valence-electron chi connectivity index (χ0n) is 23.9. The summed E-state index contributed by atoms with van der Waals surface area (Å²) in [5.41, 5.74) is 2.33. The summed E-state index contributed by atoms with van der Waals surface area (Å²) in [5.74, 6) is -0.705. The molecule has 0 aromatic heterocycles. The largest absolute Gasteiger partial charge is 0.478 e. The molecule has 3 fully saturated rings. The molecular formula is C30H44N6O4. The number of piperazine rings is 1. The van der Waals surface area contributed by atoms with Crippen LogP contribution in [0.25, 0.3) is 0 Å². The van der Waals surface area contributed by atoms with Crippen LogP contribution in [0, 0.1) is 5.92 Å². The zero-order chi connectivity index (χ0) is 28.6. The third-order valence-corrected chi connectivity index (χ3v) is 8.50. The minimum Gasteiger partial charge on any atom is -0.478 e. The maximum Gasteiger partial charge on any atom is 0.335 e. The highest BCUT2D eigenvalue weighted by atomic mass is 16.4. The van der Waals surface area contributed by atoms with E-state index < -0.39 is 12.0 Å². The molecule has 10 heteroatoms. The SMILES string of the molecule is C=C(/C=N\N(CC(C)N1CCN(CC2CCN(c3ccc(C(=O)O)cc3)CC2)CC1)C1CCC(=O)NC1=O)CC. The molecule has 2 N–H and O–H groups in total. The number of allylic oxidation sites excluding steroid dienone is 1. The smallest absolute Gasteiger partial charge is 0.335 e. The number of nitrogens with zero attached hydrogens (tertiary/aromatic N) is 5. The van der Waals surface area contributed by atoms with E-state index >= 15 is 0 Å². The number of imide groups is 1. The summed E-state index contributed by atoms with van der Waals surface area (Å²) in [6.45, 7) is 15.9. The molecule has 1 aromatic rings. The summed E-state index contributed by atoms with van der Waals surface area (Å²) in [4.78, 5) is 42.8. The van der Waals surface area contributed by atoms with Crippen LogP contribution >= 0.6 is 0 Å². The van der Waals surface area contributed by atoms with Crippen molar-refractivity contribution in [3.05, 3.63) is 42.0 Å². The highest BCUT2D eigenvalue weighted by molar-refractivity contribution is 6.00. The maximum absolute atomic E-state index is 12.6. The van der Waals surface area contributed by atoms with Crippen molar-refractivity contribution < 1.29 is 19.5 Å². The number of aromatic carboxylic acids is 1. The van der Waals surface area contributed by atoms with Gasteiger partial charge in [-0.05, 0) is 68.4 Å². The Morgan fingerprint density at radius 1 is 1.12 bits per heavy atom. The Hall–Kier alpha value is -3.24. The predicted molar refractivity (Wildman–Crippen MR) is 157 cm³/mol. The quantitative estimate of drug-likeness (QED) is 0.245. The third kappa shape index (κ3) is 7.91. The highest BCUT2D eigenvalue weighted by Gasteiger charge is 2.33. The summed E-state index contributed by atoms with van der Waals surface area (Å²) in [6, 6.07) is 6.97. The molecule has 40 heavy (non-hydrogen) atoms. The van der Waals surface area contributed by atoms with Crippen LogP contribution in [0.5, 0.6) is 0 Å². The van der Waals surface area contributed by atoms with Gasteiger partial charge in [0.1, 0.15) is 6.04 Å². The lowest BCUT2D eigenvalue weighted by Gasteiger charge is -2.42. The van der Waals surface area contributed by atoms with Gasteiger partial charge in [0.05, 0.1) is 12.1 Å². The Morgan fingerprint density at radius 3 is 2.40 bits per heavy atom. The molecular weight excluding hydrogens is 508 g/mol. The van der Waals surface area contributed by atoms with E-state index in [0.29, 0.717) is 30.9 Å². The Labute approximate surface area is 237 Å². The van der Waals surface area contributed by atoms with E-state index in [1.807, 2.05) is 24.1 Å². The minimum atomic E-state index is -0.891. The molecule has 2 amide bonds. The third-order valence-electron chi connectivity index (χ3n) is 8.50. The van der Waals surface area contributed by atoms with E-state index in [1.165, 1.54) is 0 Å². The van der Waals surface area contributed by atoms with Crippen molar-refractivity contribution in [1.29, 1.82) is 0 Å². The summed E-state index contributed by atoms with van der Waals surface area (Å²) >= 11 is 0. The first-order chi connectivity index (χ1) is 19.2. The van der Waals surface area contributed by atoms with E-state index in [2.05, 4.69) is 38.6 Å². The van der Waals surface area contributed by atoms with Crippen LogP contribution in [-0.4, -0.2) is 108 Å². The van der Waals surface area contributed by atoms with Gasteiger partial charge in [0.2, 0.25) is 5.91 Å². The Balaban J connectivity index is 1.23. The summed E-state index contributed by atoms with van der Waals surface area (Å²) in [7, 11) is 0. The molecule has 2 unspecified atom stereocenters. The van der Waals surface area contributed by atoms with Crippen molar-refractivity contribution in [2.45, 2.75) is 58.0 Å². The first-order valence-electron chi connectivity index (χ1n) is 14.6. The van der Waals surface area contributed by atoms with Crippen molar-refractivity contribution >= 4 is 29.7 Å². The van der Waals surface area contributed by atoms with Crippen molar-refractivity contribution in [3.8, 4) is 0 Å². The number of rotatable bonds is 11. The number of benzene rings is 1. The summed E-state index contributed by atoms with van der Waals surface area (Å²) < 4.78 is 0. The molecule has 1 aromatic carbocycles. The number of carboxylic acids is 1. The van der Waals surface area contributed by atoms with Crippen molar-refractivity contribution in [1.82, 2.24) is 20.1 Å². The monoisotopic (exact) mass is 552 g/mol. The van der Waals surface area contributed by atoms with Crippen LogP contribution in [0.2, 0.25) is 0 Å². The fourth-order valence-corrected chi connectivity index (χ4v) is 5.80. The average molecular weight is 553 g/mol. The number of hydrazone groups is 1. The van der Waals surface area contributed by atoms with E-state index in [0.717, 1.165) is 76.3 Å². The average Bonchev–Trinajstić information content (AvgIpc) is 2.96. The van der Waals surface area contributed by atoms with Crippen LogP contribution in [0.1, 0.15) is 56.3 Å². The lowest BCUT2D eigenvalue weighted by atomic mass is 9.95. The van der Waals surface area contributed by atoms with Crippen molar-refractivity contribution in [2.24, 2.45) is 11.0 Å². The van der Waals surface area contributed by atoms with Gasteiger partial charge in [-0.1, -0.05) is 13.5 Å². The molecule has 0 aliphatic carbocycles. The molecule has 4 rings (SSSR count). The molecule has 0 radical (unpaired) electrons. The second-order valence-corrected chi connectivity index (χ2v) is 11.3. The van der Waals surface area contributed by atoms with Crippen LogP contribution in [-0.2, 0) is 9.59 Å². The van der Waals surface area contributed by atoms with Crippen LogP contribution in [0.3, 0.4) is 0 Å². The van der Waals surface area contributed by atoms with Gasteiger partial charge in [-0.3, -0.25) is 24.8 Å². The van der Waals surface area contributed by atoms with Crippen molar-refractivity contribution in [2.75, 3.05) is 57.3 Å². The Bertz CT molecular complexity index is 1070. The second-order valence-electron chi connectivity index (χ2n) is 11.3. The molecule has 0 saturated carbocycles. The van der Waals surface area contributed by atoms with Gasteiger partial charge in [0, 0.05) is 70.2 Å². The predicted octanol–water partition coefficient (Wildman–Crippen LogP) is 2.67. The number of hydrogen-bond acceptors (Lipinski definition) is 8. The maximum atomic E-state index is 12.6. The van der Waals surface area contributed by atoms with E-state index in [9.17, 15) is 14.4 Å². The molecule has 3 heterocycles. The first kappa shape index (κ1) is 29.7. The normalized spacial score (nSPS) is 22.4. The van der Waals surface area contributed by atoms with Crippen LogP contribution < -0.4 is 10.2 Å². The van der Waals surface area contributed by atoms with Gasteiger partial charge >= 0.3 is 5.97 Å². The molecule has 0 spiro atoms. The number of amides is 2. The van der Waals surface area contributed by atoms with Gasteiger partial charge in [0.25, 0.3) is 5.91 Å². The number of carbonyl (C=O) groups is 3. The Kier molecular flexibility index (Phi) is 10.3. The van der Waals surface area contributed by atoms with E-state index in [-0.39, 0.29) is 17.9 Å². The lowest BCUT2D eigenvalue weighted by molar-refractivity contribution is -0.137. The van der Waals surface area contributed by atoms with E-state index in [4.69, 9.17) is 5.11 Å². The topological polar surface area (TPSA) is 109 Å². The first-order valence-corrected chi connectivity index (χ1v) is 14.6. The standard InChI is InChI=1S/C30H44N6O4/c1-4-22(2)19-31-36(27-9-10-28(37)32-29(27)38)20-23(3)34-17-15-33(16-18-34)21-24-11-13-35(14-12-24)26-7-5-25(6-8-26)30(39)40/h5-8,19,23-24,27H,2,4,9-18,20-21H2,1,3H3,(H,39,40)(H,32,37,38)/b31-19-. The fraction of sp³-hybridized carbons (Fsp3) is 0.600. The molecule has 10 nitrogen and oxygen atoms in total. The summed E-state index contributed by atoms with van der Waals surface area (Å²) in [6.07, 6.45) is 5.63. The number of anilines is 1. The van der Waals surface area contributed by atoms with Gasteiger partial charge < -0.3 is 14.9 Å². The fourth-order valence-electron chi connectivity index (χ4n) is 5.80. The molecule has 218 valence electrons. The number of carboxylic acid groups (broad SMARTS) is 1. The van der Waals surface area contributed by atoms with Crippen molar-refractivity contribution in [3.63, 3.8) is 0 Å². The van der Waals surface area contributed by atoms with Gasteiger partial charge in [-0.25, -0.2) is 4.79 Å². The molecule has 2 atom stereocenters. The molecule has 3 aliphatic rings. The molecule has 3 aliphatic heterocycles. The zero-order valence-corrected chi connectivity index (χ0v) is 23.9. The van der Waals surface area contributed by atoms with Crippen LogP contribution in [0.15, 0.2) is 41.5 Å². The number of nitrogens with one attached hydrogen (secondary N) is 1. The number of carbonyl (C=O) groups excluding carboxylic acids is 2. The molecule has 0 bridgehead atoms. The van der Waals surface area contributed by atoms with Gasteiger partial charge in [-0.2, -0.15) is 5.10 Å². The second kappa shape index (κ2) is 13.9.